The molecule has 0 atom stereocenters. The average Bonchev–Trinajstić information content (AvgIpc) is 2.88. The molecule has 1 amide bonds. The number of rotatable bonds is 3. The summed E-state index contributed by atoms with van der Waals surface area (Å²) in [6, 6.07) is 5.83. The molecule has 0 bridgehead atoms. The van der Waals surface area contributed by atoms with E-state index in [0.29, 0.717) is 41.0 Å². The predicted octanol–water partition coefficient (Wildman–Crippen LogP) is 3.10. The number of hydrogen-bond acceptors (Lipinski definition) is 5. The van der Waals surface area contributed by atoms with E-state index in [-0.39, 0.29) is 16.9 Å². The van der Waals surface area contributed by atoms with Crippen LogP contribution in [0, 0.1) is 12.3 Å². The number of aromatic carboxylic acids is 1. The molecule has 0 spiro atoms. The van der Waals surface area contributed by atoms with E-state index in [0.717, 1.165) is 0 Å². The second kappa shape index (κ2) is 6.33. The molecule has 3 rings (SSSR count). The Bertz CT molecular complexity index is 907. The van der Waals surface area contributed by atoms with E-state index in [1.165, 1.54) is 24.3 Å². The van der Waals surface area contributed by atoms with Gasteiger partial charge >= 0.3 is 5.97 Å². The number of nitrogens with one attached hydrogen (secondary N) is 1. The Morgan fingerprint density at radius 1 is 1.19 bits per heavy atom. The summed E-state index contributed by atoms with van der Waals surface area (Å²) >= 11 is 0. The van der Waals surface area contributed by atoms with Crippen LogP contribution in [-0.2, 0) is 6.42 Å². The first-order valence-electron chi connectivity index (χ1n) is 8.20. The molecule has 7 nitrogen and oxygen atoms in total. The lowest BCUT2D eigenvalue weighted by atomic mass is 9.75. The van der Waals surface area contributed by atoms with E-state index in [1.807, 2.05) is 13.8 Å². The zero-order valence-electron chi connectivity index (χ0n) is 14.8. The number of carbonyl (C=O) groups excluding carboxylic acids is 1. The summed E-state index contributed by atoms with van der Waals surface area (Å²) in [5.41, 5.74) is 4.47. The number of phenolic OH excluding ortho intramolecular Hbond substituents is 1. The van der Waals surface area contributed by atoms with E-state index in [9.17, 15) is 19.8 Å². The van der Waals surface area contributed by atoms with Crippen LogP contribution in [0.1, 0.15) is 58.1 Å². The maximum Gasteiger partial charge on any atom is 0.372 e. The largest absolute Gasteiger partial charge is 0.508 e. The summed E-state index contributed by atoms with van der Waals surface area (Å²) in [4.78, 5) is 23.6. The predicted molar refractivity (Wildman–Crippen MR) is 94.6 cm³/mol. The van der Waals surface area contributed by atoms with Crippen molar-refractivity contribution >= 4 is 17.6 Å². The second-order valence-electron chi connectivity index (χ2n) is 7.22. The highest BCUT2D eigenvalue weighted by Crippen LogP contribution is 2.38. The minimum Gasteiger partial charge on any atom is -0.508 e. The van der Waals surface area contributed by atoms with Crippen LogP contribution >= 0.6 is 0 Å². The Kier molecular flexibility index (Phi) is 4.31. The second-order valence-corrected chi connectivity index (χ2v) is 7.22. The van der Waals surface area contributed by atoms with Gasteiger partial charge in [-0.3, -0.25) is 4.79 Å². The molecule has 0 unspecified atom stereocenters. The van der Waals surface area contributed by atoms with E-state index in [1.54, 1.807) is 6.92 Å². The zero-order valence-corrected chi connectivity index (χ0v) is 14.8. The smallest absolute Gasteiger partial charge is 0.372 e. The topological polar surface area (TPSA) is 112 Å². The van der Waals surface area contributed by atoms with E-state index >= 15 is 0 Å². The normalized spacial score (nSPS) is 17.0. The molecule has 1 aliphatic carbocycles. The van der Waals surface area contributed by atoms with Crippen LogP contribution in [0.3, 0.4) is 0 Å². The molecule has 0 radical (unpaired) electrons. The van der Waals surface area contributed by atoms with Crippen molar-refractivity contribution in [3.05, 3.63) is 52.5 Å². The van der Waals surface area contributed by atoms with Gasteiger partial charge in [-0.05, 0) is 43.0 Å². The standard InChI is InChI=1S/C19H20N2O5/c1-10-15-13(20-21-17(23)11-4-6-12(22)7-5-11)8-19(2,3)9-14(15)26-16(10)18(24)25/h4-7,22H,8-9H2,1-3H3,(H,21,23)(H,24,25)/b20-13+. The van der Waals surface area contributed by atoms with Crippen molar-refractivity contribution in [1.29, 1.82) is 0 Å². The number of carbonyl (C=O) groups is 2. The highest BCUT2D eigenvalue weighted by atomic mass is 16.4. The number of amides is 1. The van der Waals surface area contributed by atoms with Crippen molar-refractivity contribution in [3.8, 4) is 5.75 Å². The number of furan rings is 1. The van der Waals surface area contributed by atoms with Crippen LogP contribution < -0.4 is 5.43 Å². The number of nitrogens with zero attached hydrogens (tertiary/aromatic N) is 1. The number of hydrogen-bond donors (Lipinski definition) is 3. The zero-order chi connectivity index (χ0) is 19.1. The number of aromatic hydroxyl groups is 1. The first kappa shape index (κ1) is 17.7. The highest BCUT2D eigenvalue weighted by Gasteiger charge is 2.36. The maximum atomic E-state index is 12.3. The van der Waals surface area contributed by atoms with Crippen LogP contribution in [0.25, 0.3) is 0 Å². The molecule has 1 heterocycles. The highest BCUT2D eigenvalue weighted by molar-refractivity contribution is 6.07. The lowest BCUT2D eigenvalue weighted by Gasteiger charge is -2.29. The van der Waals surface area contributed by atoms with Crippen molar-refractivity contribution in [2.75, 3.05) is 0 Å². The Hall–Kier alpha value is -3.09. The van der Waals surface area contributed by atoms with Gasteiger partial charge < -0.3 is 14.6 Å². The van der Waals surface area contributed by atoms with Gasteiger partial charge in [0.2, 0.25) is 5.76 Å². The van der Waals surface area contributed by atoms with Gasteiger partial charge in [-0.1, -0.05) is 13.8 Å². The molecular weight excluding hydrogens is 336 g/mol. The molecule has 3 N–H and O–H groups in total. The Balaban J connectivity index is 1.94. The van der Waals surface area contributed by atoms with Crippen LogP contribution in [0.15, 0.2) is 33.8 Å². The summed E-state index contributed by atoms with van der Waals surface area (Å²) in [5, 5.41) is 22.8. The van der Waals surface area contributed by atoms with E-state index < -0.39 is 11.9 Å². The first-order chi connectivity index (χ1) is 12.2. The van der Waals surface area contributed by atoms with E-state index in [2.05, 4.69) is 10.5 Å². The van der Waals surface area contributed by atoms with Crippen molar-refractivity contribution in [2.24, 2.45) is 10.5 Å². The number of benzene rings is 1. The summed E-state index contributed by atoms with van der Waals surface area (Å²) in [6.07, 6.45) is 1.18. The molecule has 26 heavy (non-hydrogen) atoms. The monoisotopic (exact) mass is 356 g/mol. The summed E-state index contributed by atoms with van der Waals surface area (Å²) < 4.78 is 5.55. The van der Waals surface area contributed by atoms with Crippen molar-refractivity contribution in [2.45, 2.75) is 33.6 Å². The lowest BCUT2D eigenvalue weighted by molar-refractivity contribution is 0.0657. The molecule has 0 fully saturated rings. The molecular formula is C19H20N2O5. The molecule has 1 aromatic carbocycles. The minimum atomic E-state index is -1.12. The average molecular weight is 356 g/mol. The SMILES string of the molecule is Cc1c(C(=O)O)oc2c1/C(=N/NC(=O)c1ccc(O)cc1)CC(C)(C)C2. The summed E-state index contributed by atoms with van der Waals surface area (Å²) in [6.45, 7) is 5.75. The van der Waals surface area contributed by atoms with Crippen LogP contribution in [0.5, 0.6) is 5.75 Å². The first-order valence-corrected chi connectivity index (χ1v) is 8.20. The van der Waals surface area contributed by atoms with Gasteiger partial charge in [0.05, 0.1) is 5.71 Å². The van der Waals surface area contributed by atoms with Crippen LogP contribution in [0.2, 0.25) is 0 Å². The number of hydrazone groups is 1. The minimum absolute atomic E-state index is 0.0711. The van der Waals surface area contributed by atoms with Gasteiger partial charge in [0.25, 0.3) is 5.91 Å². The van der Waals surface area contributed by atoms with Crippen molar-refractivity contribution in [3.63, 3.8) is 0 Å². The maximum absolute atomic E-state index is 12.3. The fourth-order valence-electron chi connectivity index (χ4n) is 3.21. The van der Waals surface area contributed by atoms with Gasteiger partial charge in [-0.15, -0.1) is 0 Å². The Morgan fingerprint density at radius 3 is 2.46 bits per heavy atom. The third-order valence-corrected chi connectivity index (χ3v) is 4.41. The molecule has 0 saturated heterocycles. The molecule has 136 valence electrons. The number of carboxylic acids is 1. The van der Waals surface area contributed by atoms with Crippen molar-refractivity contribution in [1.82, 2.24) is 5.43 Å². The number of carboxylic acid groups (broad SMARTS) is 1. The van der Waals surface area contributed by atoms with Gasteiger partial charge in [0.15, 0.2) is 0 Å². The number of phenols is 1. The third kappa shape index (κ3) is 3.33. The molecule has 1 aromatic heterocycles. The van der Waals surface area contributed by atoms with Gasteiger partial charge in [-0.25, -0.2) is 10.2 Å². The fraction of sp³-hybridized carbons (Fsp3) is 0.316. The molecule has 1 aliphatic rings. The van der Waals surface area contributed by atoms with Gasteiger partial charge in [-0.2, -0.15) is 5.10 Å². The van der Waals surface area contributed by atoms with Crippen LogP contribution in [0.4, 0.5) is 0 Å². The van der Waals surface area contributed by atoms with Crippen LogP contribution in [-0.4, -0.2) is 27.8 Å². The third-order valence-electron chi connectivity index (χ3n) is 4.41. The molecule has 0 saturated carbocycles. The molecule has 2 aromatic rings. The molecule has 0 aliphatic heterocycles. The summed E-state index contributed by atoms with van der Waals surface area (Å²) in [7, 11) is 0. The van der Waals surface area contributed by atoms with E-state index in [4.69, 9.17) is 4.42 Å². The lowest BCUT2D eigenvalue weighted by Crippen LogP contribution is -2.29. The molecule has 7 heteroatoms. The fourth-order valence-corrected chi connectivity index (χ4v) is 3.21. The number of fused-ring (bicyclic) bond motifs is 1. The Morgan fingerprint density at radius 2 is 1.85 bits per heavy atom. The van der Waals surface area contributed by atoms with Gasteiger partial charge in [0.1, 0.15) is 11.5 Å². The summed E-state index contributed by atoms with van der Waals surface area (Å²) in [5.74, 6) is -0.981. The Labute approximate surface area is 150 Å². The quantitative estimate of drug-likeness (QED) is 0.732. The van der Waals surface area contributed by atoms with Crippen molar-refractivity contribution < 1.29 is 24.2 Å². The van der Waals surface area contributed by atoms with Gasteiger partial charge in [0, 0.05) is 23.1 Å².